The number of aryl methyl sites for hydroxylation is 1. The Kier molecular flexibility index (Phi) is 3.43. The van der Waals surface area contributed by atoms with E-state index in [2.05, 4.69) is 10.3 Å². The quantitative estimate of drug-likeness (QED) is 0.834. The summed E-state index contributed by atoms with van der Waals surface area (Å²) in [4.78, 5) is 15.9. The van der Waals surface area contributed by atoms with Crippen molar-refractivity contribution < 1.29 is 4.79 Å². The molecular formula is C13H19N3O. The lowest BCUT2D eigenvalue weighted by Crippen LogP contribution is -2.40. The second kappa shape index (κ2) is 4.84. The molecule has 0 aromatic carbocycles. The molecule has 17 heavy (non-hydrogen) atoms. The Bertz CT molecular complexity index is 407. The van der Waals surface area contributed by atoms with Crippen molar-refractivity contribution in [3.05, 3.63) is 24.0 Å². The lowest BCUT2D eigenvalue weighted by Gasteiger charge is -2.40. The molecule has 0 bridgehead atoms. The molecule has 0 saturated heterocycles. The van der Waals surface area contributed by atoms with Gasteiger partial charge in [0.25, 0.3) is 0 Å². The van der Waals surface area contributed by atoms with Crippen LogP contribution in [0.1, 0.15) is 31.2 Å². The number of nitrogens with two attached hydrogens (primary N) is 1. The number of carbonyl (C=O) groups excluding carboxylic acids is 1. The Hall–Kier alpha value is -1.42. The highest BCUT2D eigenvalue weighted by molar-refractivity contribution is 5.91. The van der Waals surface area contributed by atoms with Gasteiger partial charge in [-0.05, 0) is 43.4 Å². The summed E-state index contributed by atoms with van der Waals surface area (Å²) in [5.74, 6) is 0.0475. The van der Waals surface area contributed by atoms with Crippen LogP contribution in [-0.4, -0.2) is 17.4 Å². The summed E-state index contributed by atoms with van der Waals surface area (Å²) >= 11 is 0. The van der Waals surface area contributed by atoms with E-state index in [0.717, 1.165) is 24.1 Å². The van der Waals surface area contributed by atoms with Crippen LogP contribution in [0.3, 0.4) is 0 Å². The second-order valence-electron chi connectivity index (χ2n) is 4.97. The van der Waals surface area contributed by atoms with E-state index in [9.17, 15) is 4.79 Å². The van der Waals surface area contributed by atoms with E-state index in [0.29, 0.717) is 13.0 Å². The van der Waals surface area contributed by atoms with Crippen LogP contribution in [0.2, 0.25) is 0 Å². The molecule has 1 fully saturated rings. The maximum atomic E-state index is 11.9. The summed E-state index contributed by atoms with van der Waals surface area (Å²) in [6.45, 7) is 2.56. The fraction of sp³-hybridized carbons (Fsp3) is 0.538. The summed E-state index contributed by atoms with van der Waals surface area (Å²) in [6, 6.07) is 1.89. The summed E-state index contributed by atoms with van der Waals surface area (Å²) in [5.41, 5.74) is 7.63. The molecule has 3 N–H and O–H groups in total. The molecule has 92 valence electrons. The van der Waals surface area contributed by atoms with E-state index in [1.807, 2.05) is 13.0 Å². The molecule has 1 amide bonds. The third kappa shape index (κ3) is 2.64. The van der Waals surface area contributed by atoms with E-state index in [-0.39, 0.29) is 11.3 Å². The third-order valence-corrected chi connectivity index (χ3v) is 3.70. The maximum absolute atomic E-state index is 11.9. The van der Waals surface area contributed by atoms with Crippen LogP contribution >= 0.6 is 0 Å². The smallest absolute Gasteiger partial charge is 0.225 e. The molecule has 1 aromatic rings. The summed E-state index contributed by atoms with van der Waals surface area (Å²) < 4.78 is 0. The maximum Gasteiger partial charge on any atom is 0.225 e. The fourth-order valence-corrected chi connectivity index (χ4v) is 2.26. The lowest BCUT2D eigenvalue weighted by atomic mass is 9.66. The van der Waals surface area contributed by atoms with Gasteiger partial charge in [0.15, 0.2) is 0 Å². The van der Waals surface area contributed by atoms with Crippen LogP contribution in [0.5, 0.6) is 0 Å². The van der Waals surface area contributed by atoms with Crippen LogP contribution < -0.4 is 11.1 Å². The van der Waals surface area contributed by atoms with Crippen molar-refractivity contribution in [1.82, 2.24) is 4.98 Å². The lowest BCUT2D eigenvalue weighted by molar-refractivity contribution is -0.119. The number of pyridine rings is 1. The average molecular weight is 233 g/mol. The number of aromatic nitrogens is 1. The summed E-state index contributed by atoms with van der Waals surface area (Å²) in [5, 5.41) is 2.91. The molecule has 0 aliphatic heterocycles. The van der Waals surface area contributed by atoms with Crippen molar-refractivity contribution in [2.24, 2.45) is 11.1 Å². The van der Waals surface area contributed by atoms with Gasteiger partial charge in [0.2, 0.25) is 5.91 Å². The van der Waals surface area contributed by atoms with Crippen LogP contribution in [0.15, 0.2) is 18.5 Å². The molecule has 0 radical (unpaired) electrons. The van der Waals surface area contributed by atoms with Crippen LogP contribution in [0.25, 0.3) is 0 Å². The van der Waals surface area contributed by atoms with Gasteiger partial charge in [-0.3, -0.25) is 9.78 Å². The molecule has 1 aliphatic rings. The molecule has 1 aromatic heterocycles. The largest absolute Gasteiger partial charge is 0.330 e. The number of amides is 1. The molecule has 4 nitrogen and oxygen atoms in total. The predicted molar refractivity (Wildman–Crippen MR) is 67.6 cm³/mol. The molecular weight excluding hydrogens is 214 g/mol. The third-order valence-electron chi connectivity index (χ3n) is 3.70. The standard InChI is InChI=1S/C13H19N3O/c1-10-3-6-15-8-11(10)16-12(17)7-13(9-14)4-2-5-13/h3,6,8H,2,4-5,7,9,14H2,1H3,(H,16,17). The van der Waals surface area contributed by atoms with Crippen LogP contribution in [-0.2, 0) is 4.79 Å². The van der Waals surface area contributed by atoms with Crippen molar-refractivity contribution >= 4 is 11.6 Å². The first-order chi connectivity index (χ1) is 8.15. The zero-order valence-corrected chi connectivity index (χ0v) is 10.2. The predicted octanol–water partition coefficient (Wildman–Crippen LogP) is 1.85. The number of carbonyl (C=O) groups is 1. The van der Waals surface area contributed by atoms with Gasteiger partial charge < -0.3 is 11.1 Å². The van der Waals surface area contributed by atoms with Crippen LogP contribution in [0.4, 0.5) is 5.69 Å². The Balaban J connectivity index is 1.96. The van der Waals surface area contributed by atoms with Gasteiger partial charge in [0, 0.05) is 12.6 Å². The van der Waals surface area contributed by atoms with E-state index in [1.54, 1.807) is 12.4 Å². The van der Waals surface area contributed by atoms with Crippen molar-refractivity contribution in [3.8, 4) is 0 Å². The number of anilines is 1. The first kappa shape index (κ1) is 12.0. The Morgan fingerprint density at radius 2 is 2.35 bits per heavy atom. The molecule has 1 saturated carbocycles. The zero-order valence-electron chi connectivity index (χ0n) is 10.2. The second-order valence-corrected chi connectivity index (χ2v) is 4.97. The van der Waals surface area contributed by atoms with Gasteiger partial charge in [-0.2, -0.15) is 0 Å². The fourth-order valence-electron chi connectivity index (χ4n) is 2.26. The molecule has 0 atom stereocenters. The number of hydrogen-bond donors (Lipinski definition) is 2. The van der Waals surface area contributed by atoms with Crippen molar-refractivity contribution in [2.45, 2.75) is 32.6 Å². The molecule has 0 spiro atoms. The Morgan fingerprint density at radius 1 is 1.59 bits per heavy atom. The Labute approximate surface area is 102 Å². The normalized spacial score (nSPS) is 17.3. The molecule has 1 aliphatic carbocycles. The van der Waals surface area contributed by atoms with Crippen molar-refractivity contribution in [1.29, 1.82) is 0 Å². The van der Waals surface area contributed by atoms with Gasteiger partial charge in [0.1, 0.15) is 0 Å². The minimum absolute atomic E-state index is 0.0475. The highest BCUT2D eigenvalue weighted by Crippen LogP contribution is 2.43. The minimum Gasteiger partial charge on any atom is -0.330 e. The summed E-state index contributed by atoms with van der Waals surface area (Å²) in [7, 11) is 0. The molecule has 4 heteroatoms. The SMILES string of the molecule is Cc1ccncc1NC(=O)CC1(CN)CCC1. The van der Waals surface area contributed by atoms with E-state index in [1.165, 1.54) is 6.42 Å². The molecule has 2 rings (SSSR count). The number of nitrogens with zero attached hydrogens (tertiary/aromatic N) is 1. The zero-order chi connectivity index (χ0) is 12.3. The highest BCUT2D eigenvalue weighted by Gasteiger charge is 2.37. The van der Waals surface area contributed by atoms with Gasteiger partial charge in [-0.15, -0.1) is 0 Å². The monoisotopic (exact) mass is 233 g/mol. The van der Waals surface area contributed by atoms with E-state index < -0.39 is 0 Å². The Morgan fingerprint density at radius 3 is 2.88 bits per heavy atom. The first-order valence-electron chi connectivity index (χ1n) is 6.06. The van der Waals surface area contributed by atoms with E-state index >= 15 is 0 Å². The number of hydrogen-bond acceptors (Lipinski definition) is 3. The summed E-state index contributed by atoms with van der Waals surface area (Å²) in [6.07, 6.45) is 7.27. The number of rotatable bonds is 4. The number of nitrogens with one attached hydrogen (secondary N) is 1. The van der Waals surface area contributed by atoms with Gasteiger partial charge in [0.05, 0.1) is 11.9 Å². The van der Waals surface area contributed by atoms with Gasteiger partial charge in [-0.1, -0.05) is 6.42 Å². The first-order valence-corrected chi connectivity index (χ1v) is 6.06. The topological polar surface area (TPSA) is 68.0 Å². The van der Waals surface area contributed by atoms with Crippen LogP contribution in [0, 0.1) is 12.3 Å². The highest BCUT2D eigenvalue weighted by atomic mass is 16.1. The van der Waals surface area contributed by atoms with E-state index in [4.69, 9.17) is 5.73 Å². The van der Waals surface area contributed by atoms with Crippen molar-refractivity contribution in [3.63, 3.8) is 0 Å². The average Bonchev–Trinajstić information content (AvgIpc) is 2.27. The molecule has 1 heterocycles. The van der Waals surface area contributed by atoms with Crippen molar-refractivity contribution in [2.75, 3.05) is 11.9 Å². The van der Waals surface area contributed by atoms with Gasteiger partial charge in [-0.25, -0.2) is 0 Å². The van der Waals surface area contributed by atoms with Gasteiger partial charge >= 0.3 is 0 Å². The molecule has 0 unspecified atom stereocenters. The minimum atomic E-state index is 0.0475.